The maximum absolute atomic E-state index is 10.8. The summed E-state index contributed by atoms with van der Waals surface area (Å²) in [7, 11) is 1.65. The van der Waals surface area contributed by atoms with Crippen molar-refractivity contribution in [3.63, 3.8) is 0 Å². The van der Waals surface area contributed by atoms with Crippen LogP contribution in [0.3, 0.4) is 0 Å². The predicted octanol–water partition coefficient (Wildman–Crippen LogP) is 2.51. The largest absolute Gasteiger partial charge is 0.496 e. The minimum atomic E-state index is -0.874. The Labute approximate surface area is 117 Å². The molecule has 1 aromatic carbocycles. The molecule has 2 aromatic rings. The van der Waals surface area contributed by atoms with Gasteiger partial charge in [-0.15, -0.1) is 0 Å². The summed E-state index contributed by atoms with van der Waals surface area (Å²) in [4.78, 5) is 15.2. The van der Waals surface area contributed by atoms with Gasteiger partial charge in [-0.1, -0.05) is 6.92 Å². The molecule has 0 aliphatic rings. The van der Waals surface area contributed by atoms with Crippen molar-refractivity contribution in [1.29, 1.82) is 0 Å². The number of carbonyl (C=O) groups is 1. The van der Waals surface area contributed by atoms with Crippen LogP contribution in [-0.4, -0.2) is 27.7 Å². The van der Waals surface area contributed by atoms with Crippen LogP contribution in [0.15, 0.2) is 24.4 Å². The molecule has 0 saturated heterocycles. The smallest absolute Gasteiger partial charge is 0.323 e. The fourth-order valence-electron chi connectivity index (χ4n) is 2.17. The number of aliphatic carboxylic acids is 1. The Hall–Kier alpha value is -2.30. The zero-order valence-electron chi connectivity index (χ0n) is 11.9. The number of hydrogen-bond donors (Lipinski definition) is 1. The normalized spacial score (nSPS) is 10.6. The summed E-state index contributed by atoms with van der Waals surface area (Å²) in [6, 6.07) is 5.89. The fraction of sp³-hybridized carbons (Fsp3) is 0.333. The van der Waals surface area contributed by atoms with Crippen LogP contribution in [0.25, 0.3) is 11.3 Å². The second-order valence-electron chi connectivity index (χ2n) is 4.58. The van der Waals surface area contributed by atoms with E-state index in [1.54, 1.807) is 24.8 Å². The van der Waals surface area contributed by atoms with Gasteiger partial charge >= 0.3 is 5.97 Å². The Kier molecular flexibility index (Phi) is 4.08. The number of aryl methyl sites for hydroxylation is 2. The third-order valence-corrected chi connectivity index (χ3v) is 3.24. The van der Waals surface area contributed by atoms with E-state index < -0.39 is 5.97 Å². The summed E-state index contributed by atoms with van der Waals surface area (Å²) in [5.74, 6) is 0.676. The standard InChI is InChI=1S/C15H18N2O3/c1-4-11-7-12(5-6-14(11)20-3)13-8-17(9-15(18)19)10(2)16-13/h5-8H,4,9H2,1-3H3,(H,18,19). The lowest BCUT2D eigenvalue weighted by atomic mass is 10.1. The minimum Gasteiger partial charge on any atom is -0.496 e. The molecule has 0 radical (unpaired) electrons. The van der Waals surface area contributed by atoms with E-state index in [1.165, 1.54) is 0 Å². The molecule has 5 heteroatoms. The molecule has 1 aromatic heterocycles. The molecular formula is C15H18N2O3. The van der Waals surface area contributed by atoms with Crippen molar-refractivity contribution in [1.82, 2.24) is 9.55 Å². The van der Waals surface area contributed by atoms with Crippen LogP contribution in [-0.2, 0) is 17.8 Å². The van der Waals surface area contributed by atoms with Gasteiger partial charge in [-0.3, -0.25) is 4.79 Å². The third kappa shape index (κ3) is 2.82. The molecule has 0 aliphatic heterocycles. The lowest BCUT2D eigenvalue weighted by Gasteiger charge is -2.07. The number of hydrogen-bond acceptors (Lipinski definition) is 3. The first kappa shape index (κ1) is 14.1. The first-order valence-electron chi connectivity index (χ1n) is 6.48. The summed E-state index contributed by atoms with van der Waals surface area (Å²) >= 11 is 0. The summed E-state index contributed by atoms with van der Waals surface area (Å²) in [5, 5.41) is 8.86. The Morgan fingerprint density at radius 3 is 2.80 bits per heavy atom. The van der Waals surface area contributed by atoms with E-state index in [4.69, 9.17) is 9.84 Å². The van der Waals surface area contributed by atoms with Gasteiger partial charge in [0.2, 0.25) is 0 Å². The highest BCUT2D eigenvalue weighted by atomic mass is 16.5. The second-order valence-corrected chi connectivity index (χ2v) is 4.58. The molecule has 0 atom stereocenters. The van der Waals surface area contributed by atoms with E-state index in [0.29, 0.717) is 5.82 Å². The highest BCUT2D eigenvalue weighted by molar-refractivity contribution is 5.67. The molecule has 2 rings (SSSR count). The van der Waals surface area contributed by atoms with Crippen molar-refractivity contribution in [3.05, 3.63) is 35.8 Å². The van der Waals surface area contributed by atoms with Gasteiger partial charge in [-0.25, -0.2) is 4.98 Å². The summed E-state index contributed by atoms with van der Waals surface area (Å²) in [5.41, 5.74) is 2.85. The van der Waals surface area contributed by atoms with E-state index in [0.717, 1.165) is 29.0 Å². The van der Waals surface area contributed by atoms with Crippen LogP contribution in [0.4, 0.5) is 0 Å². The van der Waals surface area contributed by atoms with Crippen LogP contribution in [0, 0.1) is 6.92 Å². The Morgan fingerprint density at radius 1 is 1.45 bits per heavy atom. The van der Waals surface area contributed by atoms with E-state index in [-0.39, 0.29) is 6.54 Å². The zero-order valence-corrected chi connectivity index (χ0v) is 11.9. The van der Waals surface area contributed by atoms with Crippen LogP contribution in [0.5, 0.6) is 5.75 Å². The van der Waals surface area contributed by atoms with Crippen molar-refractivity contribution >= 4 is 5.97 Å². The van der Waals surface area contributed by atoms with E-state index >= 15 is 0 Å². The van der Waals surface area contributed by atoms with Crippen LogP contribution in [0.1, 0.15) is 18.3 Å². The molecule has 1 heterocycles. The van der Waals surface area contributed by atoms with Gasteiger partial charge in [0.25, 0.3) is 0 Å². The van der Waals surface area contributed by atoms with E-state index in [2.05, 4.69) is 11.9 Å². The monoisotopic (exact) mass is 274 g/mol. The van der Waals surface area contributed by atoms with E-state index in [1.807, 2.05) is 18.2 Å². The SMILES string of the molecule is CCc1cc(-c2cn(CC(=O)O)c(C)n2)ccc1OC. The molecule has 0 saturated carbocycles. The van der Waals surface area contributed by atoms with Gasteiger partial charge < -0.3 is 14.4 Å². The van der Waals surface area contributed by atoms with Crippen molar-refractivity contribution in [2.45, 2.75) is 26.8 Å². The van der Waals surface area contributed by atoms with Gasteiger partial charge in [-0.05, 0) is 37.1 Å². The second kappa shape index (κ2) is 5.77. The molecule has 1 N–H and O–H groups in total. The molecule has 0 aliphatic carbocycles. The predicted molar refractivity (Wildman–Crippen MR) is 76.0 cm³/mol. The molecule has 5 nitrogen and oxygen atoms in total. The molecule has 0 fully saturated rings. The number of carboxylic acid groups (broad SMARTS) is 1. The average Bonchev–Trinajstić information content (AvgIpc) is 2.78. The minimum absolute atomic E-state index is 0.0738. The quantitative estimate of drug-likeness (QED) is 0.910. The Morgan fingerprint density at radius 2 is 2.20 bits per heavy atom. The summed E-state index contributed by atoms with van der Waals surface area (Å²) < 4.78 is 6.94. The third-order valence-electron chi connectivity index (χ3n) is 3.24. The number of rotatable bonds is 5. The van der Waals surface area contributed by atoms with Gasteiger partial charge in [0.1, 0.15) is 18.1 Å². The number of benzene rings is 1. The van der Waals surface area contributed by atoms with Gasteiger partial charge in [0, 0.05) is 11.8 Å². The molecule has 20 heavy (non-hydrogen) atoms. The lowest BCUT2D eigenvalue weighted by Crippen LogP contribution is -2.08. The van der Waals surface area contributed by atoms with Crippen molar-refractivity contribution < 1.29 is 14.6 Å². The average molecular weight is 274 g/mol. The van der Waals surface area contributed by atoms with E-state index in [9.17, 15) is 4.79 Å². The lowest BCUT2D eigenvalue weighted by molar-refractivity contribution is -0.137. The highest BCUT2D eigenvalue weighted by Gasteiger charge is 2.10. The van der Waals surface area contributed by atoms with Crippen LogP contribution in [0.2, 0.25) is 0 Å². The maximum atomic E-state index is 10.8. The molecule has 0 spiro atoms. The number of ether oxygens (including phenoxy) is 1. The number of carboxylic acids is 1. The zero-order chi connectivity index (χ0) is 14.7. The van der Waals surface area contributed by atoms with Gasteiger partial charge in [0.15, 0.2) is 0 Å². The molecule has 106 valence electrons. The molecule has 0 unspecified atom stereocenters. The van der Waals surface area contributed by atoms with Crippen molar-refractivity contribution in [3.8, 4) is 17.0 Å². The fourth-order valence-corrected chi connectivity index (χ4v) is 2.17. The summed E-state index contributed by atoms with van der Waals surface area (Å²) in [6.07, 6.45) is 2.64. The van der Waals surface area contributed by atoms with Crippen LogP contribution >= 0.6 is 0 Å². The Bertz CT molecular complexity index is 632. The molecule has 0 amide bonds. The topological polar surface area (TPSA) is 64.4 Å². The number of imidazole rings is 1. The number of nitrogens with zero attached hydrogens (tertiary/aromatic N) is 2. The summed E-state index contributed by atoms with van der Waals surface area (Å²) in [6.45, 7) is 3.79. The Balaban J connectivity index is 2.39. The van der Waals surface area contributed by atoms with Crippen LogP contribution < -0.4 is 4.74 Å². The van der Waals surface area contributed by atoms with Crippen molar-refractivity contribution in [2.75, 3.05) is 7.11 Å². The maximum Gasteiger partial charge on any atom is 0.323 e. The highest BCUT2D eigenvalue weighted by Crippen LogP contribution is 2.26. The van der Waals surface area contributed by atoms with Gasteiger partial charge in [-0.2, -0.15) is 0 Å². The number of aromatic nitrogens is 2. The molecular weight excluding hydrogens is 256 g/mol. The van der Waals surface area contributed by atoms with Gasteiger partial charge in [0.05, 0.1) is 12.8 Å². The first-order chi connectivity index (χ1) is 9.55. The van der Waals surface area contributed by atoms with Crippen molar-refractivity contribution in [2.24, 2.45) is 0 Å². The first-order valence-corrected chi connectivity index (χ1v) is 6.48. The number of methoxy groups -OCH3 is 1. The molecule has 0 bridgehead atoms.